The molecule has 5 rings (SSSR count). The normalized spacial score (nSPS) is 15.2. The van der Waals surface area contributed by atoms with Crippen LogP contribution in [0.1, 0.15) is 39.0 Å². The minimum atomic E-state index is -0.629. The van der Waals surface area contributed by atoms with Crippen LogP contribution in [0.3, 0.4) is 0 Å². The molecule has 1 aliphatic heterocycles. The maximum Gasteiger partial charge on any atom is 0.291 e. The van der Waals surface area contributed by atoms with E-state index in [0.717, 1.165) is 11.1 Å². The molecule has 1 aliphatic rings. The molecule has 1 atom stereocenters. The van der Waals surface area contributed by atoms with Crippen molar-refractivity contribution in [1.29, 1.82) is 0 Å². The number of ether oxygens (including phenoxy) is 1. The monoisotopic (exact) mass is 427 g/mol. The summed E-state index contributed by atoms with van der Waals surface area (Å²) in [5, 5.41) is 0.459. The van der Waals surface area contributed by atoms with Crippen LogP contribution in [0.5, 0.6) is 5.75 Å². The molecule has 0 aliphatic carbocycles. The van der Waals surface area contributed by atoms with Crippen molar-refractivity contribution < 1.29 is 18.4 Å². The van der Waals surface area contributed by atoms with Crippen LogP contribution >= 0.6 is 0 Å². The lowest BCUT2D eigenvalue weighted by Crippen LogP contribution is -2.29. The van der Waals surface area contributed by atoms with Crippen molar-refractivity contribution in [2.24, 2.45) is 0 Å². The minimum absolute atomic E-state index is 0.0697. The van der Waals surface area contributed by atoms with Gasteiger partial charge in [-0.1, -0.05) is 36.4 Å². The van der Waals surface area contributed by atoms with Crippen LogP contribution in [0.2, 0.25) is 0 Å². The van der Waals surface area contributed by atoms with Crippen molar-refractivity contribution in [1.82, 2.24) is 4.90 Å². The number of hydrogen-bond acceptors (Lipinski definition) is 5. The van der Waals surface area contributed by atoms with E-state index in [2.05, 4.69) is 6.58 Å². The van der Waals surface area contributed by atoms with Crippen LogP contribution in [0, 0.1) is 6.92 Å². The molecule has 3 heterocycles. The first-order valence-corrected chi connectivity index (χ1v) is 10.3. The SMILES string of the molecule is C=CCOc1cccc([C@H]2c3c(oc4ccc(C)cc4c3=O)C(=O)N2Cc2ccco2)c1. The Labute approximate surface area is 184 Å². The Balaban J connectivity index is 1.71. The predicted molar refractivity (Wildman–Crippen MR) is 120 cm³/mol. The summed E-state index contributed by atoms with van der Waals surface area (Å²) < 4.78 is 17.2. The number of rotatable bonds is 6. The van der Waals surface area contributed by atoms with E-state index < -0.39 is 6.04 Å². The molecule has 1 amide bonds. The molecule has 2 aromatic heterocycles. The Morgan fingerprint density at radius 1 is 1.12 bits per heavy atom. The van der Waals surface area contributed by atoms with E-state index in [1.165, 1.54) is 0 Å². The fourth-order valence-electron chi connectivity index (χ4n) is 4.14. The molecule has 0 saturated heterocycles. The second-order valence-corrected chi connectivity index (χ2v) is 7.76. The molecule has 2 aromatic carbocycles. The molecule has 0 N–H and O–H groups in total. The molecule has 32 heavy (non-hydrogen) atoms. The second kappa shape index (κ2) is 7.89. The summed E-state index contributed by atoms with van der Waals surface area (Å²) in [6.45, 7) is 6.14. The zero-order valence-corrected chi connectivity index (χ0v) is 17.5. The van der Waals surface area contributed by atoms with E-state index in [9.17, 15) is 9.59 Å². The van der Waals surface area contributed by atoms with Crippen LogP contribution in [0.25, 0.3) is 11.0 Å². The zero-order chi connectivity index (χ0) is 22.2. The third-order valence-corrected chi connectivity index (χ3v) is 5.57. The van der Waals surface area contributed by atoms with Crippen LogP contribution in [-0.2, 0) is 6.54 Å². The number of carbonyl (C=O) groups excluding carboxylic acids is 1. The smallest absolute Gasteiger partial charge is 0.291 e. The highest BCUT2D eigenvalue weighted by atomic mass is 16.5. The van der Waals surface area contributed by atoms with Gasteiger partial charge in [0.2, 0.25) is 5.76 Å². The van der Waals surface area contributed by atoms with E-state index in [4.69, 9.17) is 13.6 Å². The van der Waals surface area contributed by atoms with E-state index in [1.807, 2.05) is 37.3 Å². The van der Waals surface area contributed by atoms with Crippen molar-refractivity contribution in [2.45, 2.75) is 19.5 Å². The first kappa shape index (κ1) is 19.9. The number of amides is 1. The standard InChI is InChI=1S/C26H21NO5/c1-3-11-30-18-7-4-6-17(14-18)23-22-24(28)20-13-16(2)9-10-21(20)32-25(22)26(29)27(23)15-19-8-5-12-31-19/h3-10,12-14,23H,1,11,15H2,2H3/t23-/m0/s1. The lowest BCUT2D eigenvalue weighted by Gasteiger charge is -2.24. The molecular weight excluding hydrogens is 406 g/mol. The van der Waals surface area contributed by atoms with Gasteiger partial charge in [-0.3, -0.25) is 9.59 Å². The fourth-order valence-corrected chi connectivity index (χ4v) is 4.14. The lowest BCUT2D eigenvalue weighted by molar-refractivity contribution is 0.0701. The quantitative estimate of drug-likeness (QED) is 0.405. The van der Waals surface area contributed by atoms with Crippen LogP contribution in [-0.4, -0.2) is 17.4 Å². The fraction of sp³-hybridized carbons (Fsp3) is 0.154. The van der Waals surface area contributed by atoms with Crippen LogP contribution in [0.15, 0.2) is 87.1 Å². The summed E-state index contributed by atoms with van der Waals surface area (Å²) in [6.07, 6.45) is 3.22. The highest BCUT2D eigenvalue weighted by Crippen LogP contribution is 2.40. The van der Waals surface area contributed by atoms with Crippen LogP contribution in [0.4, 0.5) is 0 Å². The van der Waals surface area contributed by atoms with Gasteiger partial charge in [-0.05, 0) is 48.9 Å². The minimum Gasteiger partial charge on any atom is -0.490 e. The molecule has 0 fully saturated rings. The van der Waals surface area contributed by atoms with Gasteiger partial charge in [0.25, 0.3) is 5.91 Å². The molecule has 0 bridgehead atoms. The van der Waals surface area contributed by atoms with Gasteiger partial charge in [0, 0.05) is 0 Å². The van der Waals surface area contributed by atoms with Gasteiger partial charge in [0.1, 0.15) is 23.7 Å². The van der Waals surface area contributed by atoms with E-state index >= 15 is 0 Å². The average molecular weight is 427 g/mol. The van der Waals surface area contributed by atoms with E-state index in [-0.39, 0.29) is 23.6 Å². The number of nitrogens with zero attached hydrogens (tertiary/aromatic N) is 1. The summed E-state index contributed by atoms with van der Waals surface area (Å²) in [7, 11) is 0. The highest BCUT2D eigenvalue weighted by molar-refractivity contribution is 5.99. The first-order valence-electron chi connectivity index (χ1n) is 10.3. The van der Waals surface area contributed by atoms with Gasteiger partial charge in [-0.2, -0.15) is 0 Å². The van der Waals surface area contributed by atoms with E-state index in [0.29, 0.717) is 34.6 Å². The molecule has 6 nitrogen and oxygen atoms in total. The largest absolute Gasteiger partial charge is 0.490 e. The Morgan fingerprint density at radius 3 is 2.78 bits per heavy atom. The highest BCUT2D eigenvalue weighted by Gasteiger charge is 2.43. The van der Waals surface area contributed by atoms with Gasteiger partial charge >= 0.3 is 0 Å². The van der Waals surface area contributed by atoms with Crippen LogP contribution < -0.4 is 10.2 Å². The summed E-state index contributed by atoms with van der Waals surface area (Å²) in [5.74, 6) is 0.962. The summed E-state index contributed by atoms with van der Waals surface area (Å²) in [5.41, 5.74) is 2.22. The predicted octanol–water partition coefficient (Wildman–Crippen LogP) is 5.00. The Hall–Kier alpha value is -4.06. The number of aryl methyl sites for hydroxylation is 1. The molecule has 0 spiro atoms. The molecule has 6 heteroatoms. The molecule has 0 saturated carbocycles. The Bertz CT molecular complexity index is 1380. The van der Waals surface area contributed by atoms with Gasteiger partial charge in [-0.15, -0.1) is 0 Å². The van der Waals surface area contributed by atoms with Crippen molar-refractivity contribution in [3.05, 3.63) is 112 Å². The number of hydrogen-bond donors (Lipinski definition) is 0. The molecule has 0 radical (unpaired) electrons. The topological polar surface area (TPSA) is 72.9 Å². The number of benzene rings is 2. The summed E-state index contributed by atoms with van der Waals surface area (Å²) >= 11 is 0. The zero-order valence-electron chi connectivity index (χ0n) is 17.5. The average Bonchev–Trinajstić information content (AvgIpc) is 3.41. The van der Waals surface area contributed by atoms with E-state index in [1.54, 1.807) is 41.5 Å². The third kappa shape index (κ3) is 3.30. The Kier molecular flexibility index (Phi) is 4.90. The van der Waals surface area contributed by atoms with Gasteiger partial charge in [0.15, 0.2) is 5.43 Å². The van der Waals surface area contributed by atoms with Gasteiger partial charge in [-0.25, -0.2) is 0 Å². The summed E-state index contributed by atoms with van der Waals surface area (Å²) in [6, 6.07) is 15.7. The molecule has 0 unspecified atom stereocenters. The first-order chi connectivity index (χ1) is 15.6. The second-order valence-electron chi connectivity index (χ2n) is 7.76. The maximum atomic E-state index is 13.6. The van der Waals surface area contributed by atoms with Gasteiger partial charge in [0.05, 0.1) is 29.8 Å². The Morgan fingerprint density at radius 2 is 2.00 bits per heavy atom. The molecule has 160 valence electrons. The van der Waals surface area contributed by atoms with Crippen molar-refractivity contribution >= 4 is 16.9 Å². The number of carbonyl (C=O) groups is 1. The van der Waals surface area contributed by atoms with Crippen molar-refractivity contribution in [3.8, 4) is 5.75 Å². The molecule has 4 aromatic rings. The molecular formula is C26H21NO5. The lowest BCUT2D eigenvalue weighted by atomic mass is 9.98. The van der Waals surface area contributed by atoms with Gasteiger partial charge < -0.3 is 18.5 Å². The summed E-state index contributed by atoms with van der Waals surface area (Å²) in [4.78, 5) is 28.6. The number of fused-ring (bicyclic) bond motifs is 2. The number of furan rings is 1. The third-order valence-electron chi connectivity index (χ3n) is 5.57. The van der Waals surface area contributed by atoms with Crippen molar-refractivity contribution in [3.63, 3.8) is 0 Å². The maximum absolute atomic E-state index is 13.6. The van der Waals surface area contributed by atoms with Crippen molar-refractivity contribution in [2.75, 3.05) is 6.61 Å².